The van der Waals surface area contributed by atoms with Gasteiger partial charge in [0, 0.05) is 5.39 Å². The van der Waals surface area contributed by atoms with Gasteiger partial charge in [-0.05, 0) is 12.1 Å². The van der Waals surface area contributed by atoms with Crippen molar-refractivity contribution in [3.05, 3.63) is 40.8 Å². The van der Waals surface area contributed by atoms with Crippen LogP contribution in [0.2, 0.25) is 0 Å². The van der Waals surface area contributed by atoms with Gasteiger partial charge in [0.1, 0.15) is 11.3 Å². The Bertz CT molecular complexity index is 567. The van der Waals surface area contributed by atoms with Crippen LogP contribution < -0.4 is 16.5 Å². The summed E-state index contributed by atoms with van der Waals surface area (Å²) in [5.41, 5.74) is -0.155. The standard InChI is InChI=1S/C10H8N2O3.K.H/c11-12(6-13)8-5-7-3-1-2-4-9(7)15-10(8)14;;/h1-6H,11H2;;. The van der Waals surface area contributed by atoms with Crippen LogP contribution in [0, 0.1) is 0 Å². The molecular weight excluding hydrogens is 235 g/mol. The van der Waals surface area contributed by atoms with Crippen LogP contribution in [0.25, 0.3) is 11.0 Å². The summed E-state index contributed by atoms with van der Waals surface area (Å²) in [7, 11) is 0. The number of fused-ring (bicyclic) bond motifs is 1. The Morgan fingerprint density at radius 3 is 2.69 bits per heavy atom. The van der Waals surface area contributed by atoms with Crippen LogP contribution in [0.3, 0.4) is 0 Å². The quantitative estimate of drug-likeness (QED) is 0.201. The van der Waals surface area contributed by atoms with Crippen LogP contribution in [0.5, 0.6) is 0 Å². The molecule has 0 aliphatic heterocycles. The number of anilines is 1. The van der Waals surface area contributed by atoms with Crippen LogP contribution in [0.4, 0.5) is 5.69 Å². The first kappa shape index (κ1) is 13.6. The molecule has 0 aliphatic rings. The number of carbonyl (C=O) groups excluding carboxylic acids is 1. The zero-order chi connectivity index (χ0) is 10.8. The van der Waals surface area contributed by atoms with Crippen molar-refractivity contribution in [2.75, 3.05) is 5.01 Å². The van der Waals surface area contributed by atoms with Crippen molar-refractivity contribution < 1.29 is 9.21 Å². The third kappa shape index (κ3) is 2.60. The number of hydrogen-bond acceptors (Lipinski definition) is 4. The van der Waals surface area contributed by atoms with Crippen molar-refractivity contribution in [1.29, 1.82) is 0 Å². The van der Waals surface area contributed by atoms with Crippen molar-refractivity contribution >= 4 is 74.5 Å². The fraction of sp³-hybridized carbons (Fsp3) is 0. The van der Waals surface area contributed by atoms with Gasteiger partial charge in [-0.3, -0.25) is 4.79 Å². The molecule has 0 fully saturated rings. The summed E-state index contributed by atoms with van der Waals surface area (Å²) in [5.74, 6) is 5.29. The number of para-hydroxylation sites is 1. The van der Waals surface area contributed by atoms with Gasteiger partial charge < -0.3 is 4.42 Å². The number of nitrogens with two attached hydrogens (primary N) is 1. The van der Waals surface area contributed by atoms with Gasteiger partial charge in [0.05, 0.1) is 0 Å². The first-order valence-corrected chi connectivity index (χ1v) is 4.24. The van der Waals surface area contributed by atoms with Crippen molar-refractivity contribution in [3.8, 4) is 0 Å². The minimum atomic E-state index is -0.636. The molecule has 1 heterocycles. The Balaban J connectivity index is 0.00000128. The molecule has 0 unspecified atom stereocenters. The van der Waals surface area contributed by atoms with Gasteiger partial charge in [0.25, 0.3) is 0 Å². The predicted octanol–water partition coefficient (Wildman–Crippen LogP) is -0.0190. The summed E-state index contributed by atoms with van der Waals surface area (Å²) in [6.45, 7) is 0. The van der Waals surface area contributed by atoms with Crippen LogP contribution >= 0.6 is 0 Å². The molecule has 2 N–H and O–H groups in total. The van der Waals surface area contributed by atoms with Crippen LogP contribution in [0.15, 0.2) is 39.5 Å². The zero-order valence-electron chi connectivity index (χ0n) is 7.71. The number of amides is 1. The summed E-state index contributed by atoms with van der Waals surface area (Å²) in [5, 5.41) is 1.41. The first-order valence-electron chi connectivity index (χ1n) is 4.24. The average molecular weight is 244 g/mol. The summed E-state index contributed by atoms with van der Waals surface area (Å²) in [4.78, 5) is 21.8. The third-order valence-electron chi connectivity index (χ3n) is 2.01. The fourth-order valence-electron chi connectivity index (χ4n) is 1.29. The molecule has 0 bridgehead atoms. The Hall–Kier alpha value is -0.504. The van der Waals surface area contributed by atoms with Gasteiger partial charge in [-0.15, -0.1) is 0 Å². The molecule has 0 saturated carbocycles. The van der Waals surface area contributed by atoms with Crippen LogP contribution in [-0.2, 0) is 4.79 Å². The molecule has 0 atom stereocenters. The van der Waals surface area contributed by atoms with E-state index in [-0.39, 0.29) is 57.1 Å². The minimum absolute atomic E-state index is 0. The molecule has 2 rings (SSSR count). The van der Waals surface area contributed by atoms with Crippen LogP contribution in [0.1, 0.15) is 0 Å². The van der Waals surface area contributed by atoms with E-state index in [2.05, 4.69) is 0 Å². The Labute approximate surface area is 134 Å². The molecule has 0 radical (unpaired) electrons. The van der Waals surface area contributed by atoms with Crippen LogP contribution in [-0.4, -0.2) is 57.8 Å². The molecule has 1 aromatic carbocycles. The number of hydrogen-bond donors (Lipinski definition) is 1. The maximum absolute atomic E-state index is 11.4. The molecule has 0 aliphatic carbocycles. The molecule has 0 spiro atoms. The van der Waals surface area contributed by atoms with E-state index < -0.39 is 5.63 Å². The number of nitrogens with zero attached hydrogens (tertiary/aromatic N) is 1. The summed E-state index contributed by atoms with van der Waals surface area (Å²) < 4.78 is 4.98. The Morgan fingerprint density at radius 1 is 1.31 bits per heavy atom. The molecule has 2 aromatic rings. The van der Waals surface area contributed by atoms with Gasteiger partial charge in [0.15, 0.2) is 0 Å². The van der Waals surface area contributed by atoms with Gasteiger partial charge >= 0.3 is 57.0 Å². The molecule has 16 heavy (non-hydrogen) atoms. The molecule has 0 saturated heterocycles. The number of carbonyl (C=O) groups is 1. The fourth-order valence-corrected chi connectivity index (χ4v) is 1.29. The van der Waals surface area contributed by atoms with E-state index in [1.807, 2.05) is 0 Å². The van der Waals surface area contributed by atoms with E-state index in [1.165, 1.54) is 6.07 Å². The average Bonchev–Trinajstić information content (AvgIpc) is 2.27. The SMILES string of the molecule is NN(C=O)c1cc2ccccc2oc1=O.[KH]. The van der Waals surface area contributed by atoms with E-state index in [0.29, 0.717) is 22.4 Å². The molecule has 5 nitrogen and oxygen atoms in total. The summed E-state index contributed by atoms with van der Waals surface area (Å²) in [6, 6.07) is 8.50. The van der Waals surface area contributed by atoms with E-state index in [4.69, 9.17) is 10.3 Å². The van der Waals surface area contributed by atoms with E-state index in [1.54, 1.807) is 24.3 Å². The summed E-state index contributed by atoms with van der Waals surface area (Å²) >= 11 is 0. The number of rotatable bonds is 2. The predicted molar refractivity (Wildman–Crippen MR) is 62.4 cm³/mol. The van der Waals surface area contributed by atoms with E-state index in [9.17, 15) is 9.59 Å². The van der Waals surface area contributed by atoms with Gasteiger partial charge in [-0.1, -0.05) is 18.2 Å². The third-order valence-corrected chi connectivity index (χ3v) is 2.01. The normalized spacial score (nSPS) is 9.56. The van der Waals surface area contributed by atoms with Crippen molar-refractivity contribution in [2.24, 2.45) is 5.84 Å². The molecular formula is C10H9KN2O3. The number of benzene rings is 1. The molecule has 6 heteroatoms. The maximum atomic E-state index is 11.4. The summed E-state index contributed by atoms with van der Waals surface area (Å²) in [6.07, 6.45) is 0.348. The Kier molecular flexibility index (Phi) is 4.84. The number of hydrazine groups is 1. The van der Waals surface area contributed by atoms with Gasteiger partial charge in [-0.25, -0.2) is 15.6 Å². The Morgan fingerprint density at radius 2 is 2.00 bits per heavy atom. The molecule has 1 aromatic heterocycles. The second-order valence-corrected chi connectivity index (χ2v) is 2.97. The monoisotopic (exact) mass is 244 g/mol. The van der Waals surface area contributed by atoms with E-state index >= 15 is 0 Å². The second kappa shape index (κ2) is 5.71. The van der Waals surface area contributed by atoms with Crippen molar-refractivity contribution in [2.45, 2.75) is 0 Å². The van der Waals surface area contributed by atoms with Gasteiger partial charge in [-0.2, -0.15) is 0 Å². The first-order chi connectivity index (χ1) is 7.22. The molecule has 1 amide bonds. The topological polar surface area (TPSA) is 76.5 Å². The van der Waals surface area contributed by atoms with Crippen molar-refractivity contribution in [3.63, 3.8) is 0 Å². The van der Waals surface area contributed by atoms with E-state index in [0.717, 1.165) is 0 Å². The second-order valence-electron chi connectivity index (χ2n) is 2.97. The molecule has 78 valence electrons. The van der Waals surface area contributed by atoms with Gasteiger partial charge in [0.2, 0.25) is 6.41 Å². The zero-order valence-corrected chi connectivity index (χ0v) is 7.71. The van der Waals surface area contributed by atoms with Crippen molar-refractivity contribution in [1.82, 2.24) is 0 Å².